The molecule has 0 radical (unpaired) electrons. The molecule has 0 bridgehead atoms. The summed E-state index contributed by atoms with van der Waals surface area (Å²) in [5, 5.41) is 12.3. The van der Waals surface area contributed by atoms with Crippen molar-refractivity contribution in [2.45, 2.75) is 0 Å². The van der Waals surface area contributed by atoms with Crippen LogP contribution >= 0.6 is 0 Å². The minimum absolute atomic E-state index is 0.122. The summed E-state index contributed by atoms with van der Waals surface area (Å²) < 4.78 is 13.5. The first-order valence-corrected chi connectivity index (χ1v) is 11.9. The highest BCUT2D eigenvalue weighted by molar-refractivity contribution is 6.01. The molecule has 0 atom stereocenters. The van der Waals surface area contributed by atoms with Gasteiger partial charge in [-0.2, -0.15) is 5.10 Å². The fourth-order valence-corrected chi connectivity index (χ4v) is 4.45. The lowest BCUT2D eigenvalue weighted by atomic mass is 10.0. The predicted octanol–water partition coefficient (Wildman–Crippen LogP) is 4.87. The summed E-state index contributed by atoms with van der Waals surface area (Å²) >= 11 is 0. The Bertz CT molecular complexity index is 1790. The van der Waals surface area contributed by atoms with Crippen LogP contribution in [-0.4, -0.2) is 61.6 Å². The molecule has 5 heterocycles. The van der Waals surface area contributed by atoms with Crippen molar-refractivity contribution < 1.29 is 9.18 Å². The van der Waals surface area contributed by atoms with Gasteiger partial charge in [0.05, 0.1) is 53.2 Å². The highest BCUT2D eigenvalue weighted by atomic mass is 19.1. The standard InChI is InChI=1S/C28H23FN8O/c1-37(2)15-27(38)33-19-7-17(10-30-11-19)23-9-21-26(14-32-23)35-36-28(21)24-8-20-22(12-31-13-25(20)34-24)16-3-5-18(29)6-4-16/h3-14,34H,15H2,1-2H3,(H,33,38)(H,35,36). The molecule has 0 aliphatic carbocycles. The van der Waals surface area contributed by atoms with Gasteiger partial charge in [0.15, 0.2) is 0 Å². The van der Waals surface area contributed by atoms with Crippen LogP contribution < -0.4 is 5.32 Å². The average molecular weight is 507 g/mol. The quantitative estimate of drug-likeness (QED) is 0.297. The van der Waals surface area contributed by atoms with E-state index in [1.165, 1.54) is 12.1 Å². The van der Waals surface area contributed by atoms with Gasteiger partial charge in [-0.05, 0) is 50.0 Å². The Kier molecular flexibility index (Phi) is 5.85. The number of carbonyl (C=O) groups is 1. The molecule has 1 aromatic carbocycles. The summed E-state index contributed by atoms with van der Waals surface area (Å²) in [4.78, 5) is 30.6. The maximum Gasteiger partial charge on any atom is 0.238 e. The van der Waals surface area contributed by atoms with Gasteiger partial charge in [-0.25, -0.2) is 4.39 Å². The lowest BCUT2D eigenvalue weighted by molar-refractivity contribution is -0.116. The number of benzene rings is 1. The van der Waals surface area contributed by atoms with Gasteiger partial charge in [0.2, 0.25) is 5.91 Å². The van der Waals surface area contributed by atoms with Gasteiger partial charge in [-0.3, -0.25) is 24.8 Å². The van der Waals surface area contributed by atoms with E-state index >= 15 is 0 Å². The van der Waals surface area contributed by atoms with Crippen molar-refractivity contribution in [3.8, 4) is 33.8 Å². The van der Waals surface area contributed by atoms with Crippen molar-refractivity contribution in [2.75, 3.05) is 26.0 Å². The minimum atomic E-state index is -0.285. The Balaban J connectivity index is 1.38. The van der Waals surface area contributed by atoms with Gasteiger partial charge in [-0.1, -0.05) is 12.1 Å². The zero-order valence-electron chi connectivity index (χ0n) is 20.7. The molecule has 1 amide bonds. The number of hydrogen-bond donors (Lipinski definition) is 3. The minimum Gasteiger partial charge on any atom is -0.352 e. The second-order valence-electron chi connectivity index (χ2n) is 9.27. The first kappa shape index (κ1) is 23.4. The maximum atomic E-state index is 13.5. The normalized spacial score (nSPS) is 11.5. The van der Waals surface area contributed by atoms with E-state index in [1.54, 1.807) is 48.0 Å². The van der Waals surface area contributed by atoms with Gasteiger partial charge in [-0.15, -0.1) is 0 Å². The van der Waals surface area contributed by atoms with Crippen molar-refractivity contribution in [1.82, 2.24) is 35.0 Å². The number of rotatable bonds is 6. The fourth-order valence-electron chi connectivity index (χ4n) is 4.45. The maximum absolute atomic E-state index is 13.5. The number of aromatic amines is 2. The first-order chi connectivity index (χ1) is 18.4. The Morgan fingerprint density at radius 1 is 0.921 bits per heavy atom. The molecule has 5 aromatic heterocycles. The van der Waals surface area contributed by atoms with Crippen LogP contribution in [0.3, 0.4) is 0 Å². The molecule has 0 fully saturated rings. The van der Waals surface area contributed by atoms with Crippen LogP contribution in [0.4, 0.5) is 10.1 Å². The van der Waals surface area contributed by atoms with Crippen LogP contribution in [-0.2, 0) is 4.79 Å². The van der Waals surface area contributed by atoms with Gasteiger partial charge < -0.3 is 15.2 Å². The number of amides is 1. The summed E-state index contributed by atoms with van der Waals surface area (Å²) in [6, 6.07) is 12.2. The molecular formula is C28H23FN8O. The van der Waals surface area contributed by atoms with Crippen molar-refractivity contribution in [3.63, 3.8) is 0 Å². The Morgan fingerprint density at radius 3 is 2.55 bits per heavy atom. The van der Waals surface area contributed by atoms with E-state index in [4.69, 9.17) is 0 Å². The molecule has 6 aromatic rings. The van der Waals surface area contributed by atoms with Gasteiger partial charge in [0.1, 0.15) is 11.5 Å². The zero-order valence-corrected chi connectivity index (χ0v) is 20.7. The van der Waals surface area contributed by atoms with Crippen molar-refractivity contribution in [2.24, 2.45) is 0 Å². The molecule has 188 valence electrons. The van der Waals surface area contributed by atoms with Gasteiger partial charge in [0, 0.05) is 34.3 Å². The van der Waals surface area contributed by atoms with E-state index in [0.29, 0.717) is 11.4 Å². The second-order valence-corrected chi connectivity index (χ2v) is 9.27. The van der Waals surface area contributed by atoms with E-state index in [-0.39, 0.29) is 18.3 Å². The topological polar surface area (TPSA) is 115 Å². The first-order valence-electron chi connectivity index (χ1n) is 11.9. The lowest BCUT2D eigenvalue weighted by Crippen LogP contribution is -2.27. The largest absolute Gasteiger partial charge is 0.352 e. The van der Waals surface area contributed by atoms with Crippen LogP contribution in [0.15, 0.2) is 73.4 Å². The average Bonchev–Trinajstić information content (AvgIpc) is 3.52. The second kappa shape index (κ2) is 9.49. The number of hydrogen-bond acceptors (Lipinski definition) is 6. The molecule has 0 spiro atoms. The van der Waals surface area contributed by atoms with E-state index in [2.05, 4.69) is 35.5 Å². The smallest absolute Gasteiger partial charge is 0.238 e. The third-order valence-corrected chi connectivity index (χ3v) is 6.18. The van der Waals surface area contributed by atoms with E-state index < -0.39 is 0 Å². The number of H-pyrrole nitrogens is 2. The third-order valence-electron chi connectivity index (χ3n) is 6.18. The summed E-state index contributed by atoms with van der Waals surface area (Å²) in [6.45, 7) is 0.274. The Hall–Kier alpha value is -4.96. The molecule has 9 nitrogen and oxygen atoms in total. The number of carbonyl (C=O) groups excluding carboxylic acids is 1. The molecule has 3 N–H and O–H groups in total. The zero-order chi connectivity index (χ0) is 26.2. The third kappa shape index (κ3) is 4.48. The number of nitrogens with zero attached hydrogens (tertiary/aromatic N) is 5. The molecular weight excluding hydrogens is 483 g/mol. The highest BCUT2D eigenvalue weighted by Gasteiger charge is 2.16. The molecule has 6 rings (SSSR count). The monoisotopic (exact) mass is 506 g/mol. The predicted molar refractivity (Wildman–Crippen MR) is 145 cm³/mol. The Labute approximate surface area is 216 Å². The fraction of sp³-hybridized carbons (Fsp3) is 0.107. The number of fused-ring (bicyclic) bond motifs is 2. The molecule has 0 saturated carbocycles. The number of likely N-dealkylation sites (N-methyl/N-ethyl adjacent to an activating group) is 1. The highest BCUT2D eigenvalue weighted by Crippen LogP contribution is 2.34. The Morgan fingerprint density at radius 2 is 1.74 bits per heavy atom. The van der Waals surface area contributed by atoms with Crippen LogP contribution in [0.25, 0.3) is 55.6 Å². The lowest BCUT2D eigenvalue weighted by Gasteiger charge is -2.10. The van der Waals surface area contributed by atoms with Crippen LogP contribution in [0.1, 0.15) is 0 Å². The summed E-state index contributed by atoms with van der Waals surface area (Å²) in [7, 11) is 3.67. The van der Waals surface area contributed by atoms with Gasteiger partial charge >= 0.3 is 0 Å². The summed E-state index contributed by atoms with van der Waals surface area (Å²) in [5.74, 6) is -0.407. The number of pyridine rings is 3. The van der Waals surface area contributed by atoms with E-state index in [1.807, 2.05) is 32.3 Å². The number of aromatic nitrogens is 6. The number of nitrogens with one attached hydrogen (secondary N) is 3. The van der Waals surface area contributed by atoms with Crippen molar-refractivity contribution in [3.05, 3.63) is 79.3 Å². The molecule has 38 heavy (non-hydrogen) atoms. The number of halogens is 1. The van der Waals surface area contributed by atoms with Gasteiger partial charge in [0.25, 0.3) is 0 Å². The SMILES string of the molecule is CN(C)CC(=O)Nc1cncc(-c2cc3c(-c4cc5c(-c6ccc(F)cc6)cncc5[nH]4)n[nH]c3cn2)c1. The van der Waals surface area contributed by atoms with Crippen LogP contribution in [0.2, 0.25) is 0 Å². The molecule has 0 aliphatic heterocycles. The van der Waals surface area contributed by atoms with E-state index in [9.17, 15) is 9.18 Å². The van der Waals surface area contributed by atoms with Crippen molar-refractivity contribution in [1.29, 1.82) is 0 Å². The van der Waals surface area contributed by atoms with Crippen LogP contribution in [0.5, 0.6) is 0 Å². The molecule has 0 saturated heterocycles. The molecule has 0 aliphatic rings. The summed E-state index contributed by atoms with van der Waals surface area (Å²) in [6.07, 6.45) is 8.58. The summed E-state index contributed by atoms with van der Waals surface area (Å²) in [5.41, 5.74) is 6.99. The van der Waals surface area contributed by atoms with E-state index in [0.717, 1.165) is 49.9 Å². The van der Waals surface area contributed by atoms with Crippen LogP contribution in [0, 0.1) is 5.82 Å². The number of anilines is 1. The molecule has 10 heteroatoms. The van der Waals surface area contributed by atoms with Crippen molar-refractivity contribution >= 4 is 33.4 Å². The molecule has 0 unspecified atom stereocenters.